The van der Waals surface area contributed by atoms with Gasteiger partial charge in [0.2, 0.25) is 0 Å². The Morgan fingerprint density at radius 2 is 1.68 bits per heavy atom. The Bertz CT molecular complexity index is 1030. The molecular formula is C21H14Cl2N2O3. The maximum Gasteiger partial charge on any atom is 0.343 e. The van der Waals surface area contributed by atoms with Crippen LogP contribution in [0.5, 0.6) is 5.75 Å². The van der Waals surface area contributed by atoms with Crippen molar-refractivity contribution in [3.63, 3.8) is 0 Å². The van der Waals surface area contributed by atoms with Crippen LogP contribution in [0.3, 0.4) is 0 Å². The second-order valence-electron chi connectivity index (χ2n) is 5.65. The summed E-state index contributed by atoms with van der Waals surface area (Å²) in [5.41, 5.74) is 3.76. The van der Waals surface area contributed by atoms with Crippen LogP contribution in [-0.4, -0.2) is 18.1 Å². The number of halogens is 2. The van der Waals surface area contributed by atoms with Crippen LogP contribution in [-0.2, 0) is 0 Å². The van der Waals surface area contributed by atoms with Crippen molar-refractivity contribution in [3.05, 3.63) is 99.5 Å². The number of nitrogens with one attached hydrogen (secondary N) is 1. The van der Waals surface area contributed by atoms with Gasteiger partial charge in [-0.15, -0.1) is 0 Å². The summed E-state index contributed by atoms with van der Waals surface area (Å²) in [6.45, 7) is 0. The zero-order valence-electron chi connectivity index (χ0n) is 14.4. The highest BCUT2D eigenvalue weighted by molar-refractivity contribution is 6.33. The van der Waals surface area contributed by atoms with Crippen LogP contribution >= 0.6 is 23.2 Å². The average molecular weight is 413 g/mol. The van der Waals surface area contributed by atoms with Gasteiger partial charge in [0.15, 0.2) is 0 Å². The Hall–Kier alpha value is -3.15. The number of nitrogens with zero attached hydrogens (tertiary/aromatic N) is 1. The minimum Gasteiger partial charge on any atom is -0.423 e. The van der Waals surface area contributed by atoms with Gasteiger partial charge in [-0.3, -0.25) is 4.79 Å². The number of hydrazone groups is 1. The molecule has 0 aliphatic rings. The van der Waals surface area contributed by atoms with Crippen molar-refractivity contribution < 1.29 is 14.3 Å². The lowest BCUT2D eigenvalue weighted by atomic mass is 10.2. The Balaban J connectivity index is 1.63. The molecule has 0 atom stereocenters. The molecule has 0 aliphatic heterocycles. The molecule has 3 aromatic rings. The SMILES string of the molecule is O=C(Oc1cccc(/C=N/NC(=O)c2ccccc2Cl)c1)c1ccc(Cl)cc1. The van der Waals surface area contributed by atoms with Crippen molar-refractivity contribution >= 4 is 41.3 Å². The molecule has 0 saturated carbocycles. The molecule has 3 aromatic carbocycles. The number of benzene rings is 3. The third kappa shape index (κ3) is 5.19. The van der Waals surface area contributed by atoms with Gasteiger partial charge >= 0.3 is 5.97 Å². The molecule has 0 aliphatic carbocycles. The maximum atomic E-state index is 12.2. The lowest BCUT2D eigenvalue weighted by Crippen LogP contribution is -2.17. The highest BCUT2D eigenvalue weighted by Crippen LogP contribution is 2.16. The summed E-state index contributed by atoms with van der Waals surface area (Å²) < 4.78 is 5.34. The molecule has 1 amide bonds. The van der Waals surface area contributed by atoms with Gasteiger partial charge < -0.3 is 4.74 Å². The number of hydrogen-bond donors (Lipinski definition) is 1. The summed E-state index contributed by atoms with van der Waals surface area (Å²) in [5.74, 6) is -0.578. The highest BCUT2D eigenvalue weighted by Gasteiger charge is 2.09. The Morgan fingerprint density at radius 3 is 2.43 bits per heavy atom. The third-order valence-corrected chi connectivity index (χ3v) is 4.23. The third-order valence-electron chi connectivity index (χ3n) is 3.65. The molecule has 28 heavy (non-hydrogen) atoms. The highest BCUT2D eigenvalue weighted by atomic mass is 35.5. The molecule has 140 valence electrons. The largest absolute Gasteiger partial charge is 0.423 e. The predicted octanol–water partition coefficient (Wildman–Crippen LogP) is 4.98. The second kappa shape index (κ2) is 9.17. The van der Waals surface area contributed by atoms with E-state index >= 15 is 0 Å². The van der Waals surface area contributed by atoms with Crippen molar-refractivity contribution in [1.82, 2.24) is 5.43 Å². The van der Waals surface area contributed by atoms with E-state index in [0.717, 1.165) is 0 Å². The molecule has 0 bridgehead atoms. The van der Waals surface area contributed by atoms with Gasteiger partial charge in [-0.1, -0.05) is 47.5 Å². The normalized spacial score (nSPS) is 10.6. The first-order valence-electron chi connectivity index (χ1n) is 8.19. The van der Waals surface area contributed by atoms with Gasteiger partial charge in [0.05, 0.1) is 22.4 Å². The van der Waals surface area contributed by atoms with E-state index in [1.54, 1.807) is 72.8 Å². The zero-order chi connectivity index (χ0) is 19.9. The van der Waals surface area contributed by atoms with Crippen molar-refractivity contribution in [2.75, 3.05) is 0 Å². The van der Waals surface area contributed by atoms with Gasteiger partial charge in [-0.2, -0.15) is 5.10 Å². The van der Waals surface area contributed by atoms with Crippen molar-refractivity contribution in [1.29, 1.82) is 0 Å². The smallest absolute Gasteiger partial charge is 0.343 e. The Morgan fingerprint density at radius 1 is 0.929 bits per heavy atom. The molecule has 0 heterocycles. The fourth-order valence-electron chi connectivity index (χ4n) is 2.28. The standard InChI is InChI=1S/C21H14Cl2N2O3/c22-16-10-8-15(9-11-16)21(27)28-17-5-3-4-14(12-17)13-24-25-20(26)18-6-1-2-7-19(18)23/h1-13H,(H,25,26)/b24-13+. The zero-order valence-corrected chi connectivity index (χ0v) is 15.9. The van der Waals surface area contributed by atoms with E-state index in [1.165, 1.54) is 6.21 Å². The van der Waals surface area contributed by atoms with E-state index in [9.17, 15) is 9.59 Å². The molecule has 5 nitrogen and oxygen atoms in total. The quantitative estimate of drug-likeness (QED) is 0.278. The Kier molecular flexibility index (Phi) is 6.42. The van der Waals surface area contributed by atoms with Gasteiger partial charge in [-0.25, -0.2) is 10.2 Å². The number of ether oxygens (including phenoxy) is 1. The first kappa shape index (κ1) is 19.6. The van der Waals surface area contributed by atoms with Gasteiger partial charge in [0, 0.05) is 5.02 Å². The molecule has 0 radical (unpaired) electrons. The predicted molar refractivity (Wildman–Crippen MR) is 109 cm³/mol. The Labute approximate surface area is 171 Å². The lowest BCUT2D eigenvalue weighted by molar-refractivity contribution is 0.0734. The molecular weight excluding hydrogens is 399 g/mol. The molecule has 0 saturated heterocycles. The van der Waals surface area contributed by atoms with Crippen LogP contribution in [0.15, 0.2) is 77.9 Å². The van der Waals surface area contributed by atoms with Gasteiger partial charge in [-0.05, 0) is 54.1 Å². The molecule has 0 unspecified atom stereocenters. The van der Waals surface area contributed by atoms with Crippen LogP contribution in [0.25, 0.3) is 0 Å². The molecule has 0 aromatic heterocycles. The minimum atomic E-state index is -0.502. The summed E-state index contributed by atoms with van der Waals surface area (Å²) in [7, 11) is 0. The number of esters is 1. The van der Waals surface area contributed by atoms with E-state index in [0.29, 0.717) is 32.5 Å². The van der Waals surface area contributed by atoms with E-state index in [2.05, 4.69) is 10.5 Å². The van der Waals surface area contributed by atoms with Crippen LogP contribution in [0.4, 0.5) is 0 Å². The molecule has 3 rings (SSSR count). The topological polar surface area (TPSA) is 67.8 Å². The summed E-state index contributed by atoms with van der Waals surface area (Å²) in [6.07, 6.45) is 1.44. The summed E-state index contributed by atoms with van der Waals surface area (Å²) in [5, 5.41) is 4.78. The van der Waals surface area contributed by atoms with Crippen LogP contribution in [0, 0.1) is 0 Å². The summed E-state index contributed by atoms with van der Waals surface area (Å²) in [4.78, 5) is 24.2. The first-order chi connectivity index (χ1) is 13.5. The van der Waals surface area contributed by atoms with Crippen LogP contribution in [0.2, 0.25) is 10.0 Å². The lowest BCUT2D eigenvalue weighted by Gasteiger charge is -2.05. The fraction of sp³-hybridized carbons (Fsp3) is 0. The monoisotopic (exact) mass is 412 g/mol. The number of carbonyl (C=O) groups excluding carboxylic acids is 2. The van der Waals surface area contributed by atoms with Gasteiger partial charge in [0.1, 0.15) is 5.75 Å². The van der Waals surface area contributed by atoms with Crippen LogP contribution < -0.4 is 10.2 Å². The summed E-state index contributed by atoms with van der Waals surface area (Å²) in [6, 6.07) is 19.8. The van der Waals surface area contributed by atoms with Crippen LogP contribution in [0.1, 0.15) is 26.3 Å². The van der Waals surface area contributed by atoms with E-state index in [-0.39, 0.29) is 0 Å². The maximum absolute atomic E-state index is 12.2. The molecule has 7 heteroatoms. The van der Waals surface area contributed by atoms with E-state index < -0.39 is 11.9 Å². The first-order valence-corrected chi connectivity index (χ1v) is 8.94. The summed E-state index contributed by atoms with van der Waals surface area (Å²) >= 11 is 11.8. The number of hydrogen-bond acceptors (Lipinski definition) is 4. The fourth-order valence-corrected chi connectivity index (χ4v) is 2.63. The van der Waals surface area contributed by atoms with Crippen molar-refractivity contribution in [3.8, 4) is 5.75 Å². The van der Waals surface area contributed by atoms with E-state index in [1.807, 2.05) is 0 Å². The average Bonchev–Trinajstić information content (AvgIpc) is 2.69. The number of amides is 1. The molecule has 0 fully saturated rings. The molecule has 0 spiro atoms. The molecule has 1 N–H and O–H groups in total. The van der Waals surface area contributed by atoms with Crippen molar-refractivity contribution in [2.24, 2.45) is 5.10 Å². The van der Waals surface area contributed by atoms with Crippen molar-refractivity contribution in [2.45, 2.75) is 0 Å². The number of carbonyl (C=O) groups is 2. The minimum absolute atomic E-state index is 0.326. The van der Waals surface area contributed by atoms with E-state index in [4.69, 9.17) is 27.9 Å². The number of rotatable bonds is 5. The second-order valence-corrected chi connectivity index (χ2v) is 6.49. The van der Waals surface area contributed by atoms with Gasteiger partial charge in [0.25, 0.3) is 5.91 Å².